The van der Waals surface area contributed by atoms with E-state index in [0.717, 1.165) is 5.56 Å². The lowest BCUT2D eigenvalue weighted by molar-refractivity contribution is -0.143. The number of carbonyl (C=O) groups excluding carboxylic acids is 2. The van der Waals surface area contributed by atoms with E-state index in [9.17, 15) is 9.59 Å². The summed E-state index contributed by atoms with van der Waals surface area (Å²) in [6, 6.07) is 5.26. The fourth-order valence-electron chi connectivity index (χ4n) is 1.86. The lowest BCUT2D eigenvalue weighted by Gasteiger charge is -2.12. The van der Waals surface area contributed by atoms with Gasteiger partial charge in [0.05, 0.1) is 20.3 Å². The van der Waals surface area contributed by atoms with E-state index < -0.39 is 5.97 Å². The SMILES string of the molecule is CCOC(=O)CCc1cccc(OC)c1C(=O)OCC. The number of ether oxygens (including phenoxy) is 3. The van der Waals surface area contributed by atoms with Crippen molar-refractivity contribution in [3.8, 4) is 5.75 Å². The molecule has 0 bridgehead atoms. The van der Waals surface area contributed by atoms with E-state index in [1.165, 1.54) is 7.11 Å². The molecule has 0 atom stereocenters. The van der Waals surface area contributed by atoms with Gasteiger partial charge >= 0.3 is 11.9 Å². The molecule has 0 heterocycles. The van der Waals surface area contributed by atoms with Crippen molar-refractivity contribution in [2.24, 2.45) is 0 Å². The highest BCUT2D eigenvalue weighted by atomic mass is 16.5. The Kier molecular flexibility index (Phi) is 6.56. The standard InChI is InChI=1S/C15H20O5/c1-4-19-13(16)10-9-11-7-6-8-12(18-3)14(11)15(17)20-5-2/h6-8H,4-5,9-10H2,1-3H3. The first-order valence-corrected chi connectivity index (χ1v) is 6.62. The second-order valence-corrected chi connectivity index (χ2v) is 4.02. The summed E-state index contributed by atoms with van der Waals surface area (Å²) in [7, 11) is 1.49. The molecule has 1 aromatic rings. The highest BCUT2D eigenvalue weighted by Gasteiger charge is 2.18. The summed E-state index contributed by atoms with van der Waals surface area (Å²) in [6.07, 6.45) is 0.623. The maximum Gasteiger partial charge on any atom is 0.342 e. The van der Waals surface area contributed by atoms with Crippen LogP contribution in [0.2, 0.25) is 0 Å². The van der Waals surface area contributed by atoms with Crippen LogP contribution in [0, 0.1) is 0 Å². The molecule has 0 saturated carbocycles. The molecular weight excluding hydrogens is 260 g/mol. The average molecular weight is 280 g/mol. The Morgan fingerprint density at radius 1 is 1.10 bits per heavy atom. The highest BCUT2D eigenvalue weighted by Crippen LogP contribution is 2.24. The first kappa shape index (κ1) is 16.0. The first-order chi connectivity index (χ1) is 9.63. The highest BCUT2D eigenvalue weighted by molar-refractivity contribution is 5.94. The van der Waals surface area contributed by atoms with Crippen LogP contribution in [0.1, 0.15) is 36.2 Å². The minimum absolute atomic E-state index is 0.216. The zero-order chi connectivity index (χ0) is 15.0. The third-order valence-electron chi connectivity index (χ3n) is 2.72. The van der Waals surface area contributed by atoms with Crippen LogP contribution in [-0.4, -0.2) is 32.3 Å². The van der Waals surface area contributed by atoms with Crippen molar-refractivity contribution < 1.29 is 23.8 Å². The quantitative estimate of drug-likeness (QED) is 0.717. The fourth-order valence-corrected chi connectivity index (χ4v) is 1.86. The van der Waals surface area contributed by atoms with Gasteiger partial charge in [-0.25, -0.2) is 4.79 Å². The monoisotopic (exact) mass is 280 g/mol. The van der Waals surface area contributed by atoms with Crippen LogP contribution in [0.3, 0.4) is 0 Å². The Labute approximate surface area is 118 Å². The number of benzene rings is 1. The van der Waals surface area contributed by atoms with E-state index in [4.69, 9.17) is 14.2 Å². The Balaban J connectivity index is 2.94. The summed E-state index contributed by atoms with van der Waals surface area (Å²) in [6.45, 7) is 4.13. The molecule has 0 aliphatic carbocycles. The summed E-state index contributed by atoms with van der Waals surface area (Å²) in [5.74, 6) is -0.279. The van der Waals surface area contributed by atoms with Gasteiger partial charge in [0.1, 0.15) is 11.3 Å². The third kappa shape index (κ3) is 4.26. The molecule has 110 valence electrons. The van der Waals surface area contributed by atoms with Crippen molar-refractivity contribution in [2.45, 2.75) is 26.7 Å². The van der Waals surface area contributed by atoms with Gasteiger partial charge in [0.15, 0.2) is 0 Å². The second kappa shape index (κ2) is 8.19. The number of methoxy groups -OCH3 is 1. The number of hydrogen-bond donors (Lipinski definition) is 0. The van der Waals surface area contributed by atoms with Gasteiger partial charge in [0, 0.05) is 6.42 Å². The van der Waals surface area contributed by atoms with Gasteiger partial charge in [-0.15, -0.1) is 0 Å². The molecule has 0 aliphatic heterocycles. The molecule has 0 fully saturated rings. The summed E-state index contributed by atoms with van der Waals surface area (Å²) in [4.78, 5) is 23.4. The third-order valence-corrected chi connectivity index (χ3v) is 2.72. The Bertz CT molecular complexity index is 467. The second-order valence-electron chi connectivity index (χ2n) is 4.02. The number of rotatable bonds is 7. The van der Waals surface area contributed by atoms with E-state index in [1.54, 1.807) is 32.0 Å². The molecule has 0 N–H and O–H groups in total. The molecule has 20 heavy (non-hydrogen) atoms. The molecule has 0 aliphatic rings. The van der Waals surface area contributed by atoms with E-state index >= 15 is 0 Å². The van der Waals surface area contributed by atoms with Gasteiger partial charge in [-0.2, -0.15) is 0 Å². The van der Waals surface area contributed by atoms with Gasteiger partial charge in [0.25, 0.3) is 0 Å². The maximum absolute atomic E-state index is 12.0. The zero-order valence-corrected chi connectivity index (χ0v) is 12.1. The number of aryl methyl sites for hydroxylation is 1. The van der Waals surface area contributed by atoms with Crippen LogP contribution in [0.15, 0.2) is 18.2 Å². The number of esters is 2. The van der Waals surface area contributed by atoms with Gasteiger partial charge in [0.2, 0.25) is 0 Å². The fraction of sp³-hybridized carbons (Fsp3) is 0.467. The molecular formula is C15H20O5. The predicted molar refractivity (Wildman–Crippen MR) is 73.9 cm³/mol. The van der Waals surface area contributed by atoms with E-state index in [0.29, 0.717) is 24.3 Å². The molecule has 5 heteroatoms. The van der Waals surface area contributed by atoms with Crippen molar-refractivity contribution in [3.05, 3.63) is 29.3 Å². The van der Waals surface area contributed by atoms with Crippen molar-refractivity contribution in [3.63, 3.8) is 0 Å². The Morgan fingerprint density at radius 2 is 1.80 bits per heavy atom. The van der Waals surface area contributed by atoms with Crippen LogP contribution in [-0.2, 0) is 20.7 Å². The Morgan fingerprint density at radius 3 is 2.40 bits per heavy atom. The van der Waals surface area contributed by atoms with Crippen molar-refractivity contribution in [2.75, 3.05) is 20.3 Å². The lowest BCUT2D eigenvalue weighted by atomic mass is 10.0. The average Bonchev–Trinajstić information content (AvgIpc) is 2.45. The normalized spacial score (nSPS) is 9.95. The predicted octanol–water partition coefficient (Wildman–Crippen LogP) is 2.37. The summed E-state index contributed by atoms with van der Waals surface area (Å²) < 4.78 is 15.1. The smallest absolute Gasteiger partial charge is 0.342 e. The van der Waals surface area contributed by atoms with Gasteiger partial charge in [-0.05, 0) is 31.9 Å². The molecule has 0 amide bonds. The molecule has 0 saturated heterocycles. The van der Waals surface area contributed by atoms with Crippen molar-refractivity contribution in [1.82, 2.24) is 0 Å². The largest absolute Gasteiger partial charge is 0.496 e. The zero-order valence-electron chi connectivity index (χ0n) is 12.1. The van der Waals surface area contributed by atoms with Crippen LogP contribution in [0.4, 0.5) is 0 Å². The minimum atomic E-state index is -0.441. The summed E-state index contributed by atoms with van der Waals surface area (Å²) >= 11 is 0. The molecule has 5 nitrogen and oxygen atoms in total. The molecule has 1 aromatic carbocycles. The first-order valence-electron chi connectivity index (χ1n) is 6.62. The number of hydrogen-bond acceptors (Lipinski definition) is 5. The van der Waals surface area contributed by atoms with Crippen molar-refractivity contribution in [1.29, 1.82) is 0 Å². The molecule has 0 radical (unpaired) electrons. The summed E-state index contributed by atoms with van der Waals surface area (Å²) in [5, 5.41) is 0. The van der Waals surface area contributed by atoms with Gasteiger partial charge in [-0.3, -0.25) is 4.79 Å². The summed E-state index contributed by atoms with van der Waals surface area (Å²) in [5.41, 5.74) is 1.09. The van der Waals surface area contributed by atoms with E-state index in [2.05, 4.69) is 0 Å². The van der Waals surface area contributed by atoms with Crippen LogP contribution < -0.4 is 4.74 Å². The molecule has 0 aromatic heterocycles. The molecule has 0 unspecified atom stereocenters. The minimum Gasteiger partial charge on any atom is -0.496 e. The van der Waals surface area contributed by atoms with Gasteiger partial charge < -0.3 is 14.2 Å². The lowest BCUT2D eigenvalue weighted by Crippen LogP contribution is -2.12. The van der Waals surface area contributed by atoms with E-state index in [1.807, 2.05) is 0 Å². The topological polar surface area (TPSA) is 61.8 Å². The van der Waals surface area contributed by atoms with Crippen LogP contribution in [0.25, 0.3) is 0 Å². The molecule has 1 rings (SSSR count). The van der Waals surface area contributed by atoms with Crippen LogP contribution in [0.5, 0.6) is 5.75 Å². The Hall–Kier alpha value is -2.04. The maximum atomic E-state index is 12.0. The number of carbonyl (C=O) groups is 2. The molecule has 0 spiro atoms. The van der Waals surface area contributed by atoms with Crippen LogP contribution >= 0.6 is 0 Å². The van der Waals surface area contributed by atoms with Crippen molar-refractivity contribution >= 4 is 11.9 Å². The van der Waals surface area contributed by atoms with Gasteiger partial charge in [-0.1, -0.05) is 12.1 Å². The van der Waals surface area contributed by atoms with E-state index in [-0.39, 0.29) is 19.0 Å².